The maximum Gasteiger partial charge on any atom is 0.335 e. The van der Waals surface area contributed by atoms with E-state index >= 15 is 0 Å². The summed E-state index contributed by atoms with van der Waals surface area (Å²) in [7, 11) is 2.03. The Morgan fingerprint density at radius 3 is 2.80 bits per heavy atom. The molecule has 20 heavy (non-hydrogen) atoms. The van der Waals surface area contributed by atoms with Crippen LogP contribution in [0, 0.1) is 6.92 Å². The van der Waals surface area contributed by atoms with Crippen molar-refractivity contribution in [3.05, 3.63) is 51.5 Å². The van der Waals surface area contributed by atoms with Gasteiger partial charge in [0.25, 0.3) is 0 Å². The molecule has 0 aliphatic rings. The number of benzene rings is 1. The zero-order valence-corrected chi connectivity index (χ0v) is 12.5. The molecule has 0 saturated heterocycles. The smallest absolute Gasteiger partial charge is 0.335 e. The lowest BCUT2D eigenvalue weighted by atomic mass is 10.0. The molecule has 2 aromatic rings. The first kappa shape index (κ1) is 14.7. The standard InChI is InChI=1S/C15H18N2O2S/c1-11-10-20-14(16-11)9-17(2)8-7-12-5-3-4-6-13(12)15(18)19/h3-6,10H,7-9H2,1-2H3,(H,18,19). The second-order valence-electron chi connectivity index (χ2n) is 4.83. The van der Waals surface area contributed by atoms with Gasteiger partial charge in [0, 0.05) is 17.6 Å². The lowest BCUT2D eigenvalue weighted by Gasteiger charge is -2.15. The maximum absolute atomic E-state index is 11.1. The van der Waals surface area contributed by atoms with Crippen LogP contribution in [0.2, 0.25) is 0 Å². The fraction of sp³-hybridized carbons (Fsp3) is 0.333. The van der Waals surface area contributed by atoms with Crippen molar-refractivity contribution < 1.29 is 9.90 Å². The van der Waals surface area contributed by atoms with E-state index in [2.05, 4.69) is 9.88 Å². The van der Waals surface area contributed by atoms with E-state index in [9.17, 15) is 4.79 Å². The van der Waals surface area contributed by atoms with Gasteiger partial charge in [-0.3, -0.25) is 4.90 Å². The summed E-state index contributed by atoms with van der Waals surface area (Å²) < 4.78 is 0. The highest BCUT2D eigenvalue weighted by Crippen LogP contribution is 2.13. The number of carboxylic acid groups (broad SMARTS) is 1. The minimum Gasteiger partial charge on any atom is -0.478 e. The number of aryl methyl sites for hydroxylation is 1. The summed E-state index contributed by atoms with van der Waals surface area (Å²) in [5.74, 6) is -0.862. The molecule has 1 aromatic heterocycles. The summed E-state index contributed by atoms with van der Waals surface area (Å²) in [6, 6.07) is 7.17. The molecule has 0 bridgehead atoms. The largest absolute Gasteiger partial charge is 0.478 e. The zero-order chi connectivity index (χ0) is 14.5. The highest BCUT2D eigenvalue weighted by molar-refractivity contribution is 7.09. The highest BCUT2D eigenvalue weighted by atomic mass is 32.1. The molecule has 5 heteroatoms. The summed E-state index contributed by atoms with van der Waals surface area (Å²) in [6.45, 7) is 3.60. The monoisotopic (exact) mass is 290 g/mol. The number of rotatable bonds is 6. The molecule has 0 aliphatic heterocycles. The van der Waals surface area contributed by atoms with Gasteiger partial charge in [-0.15, -0.1) is 11.3 Å². The number of thiazole rings is 1. The number of carbonyl (C=O) groups is 1. The van der Waals surface area contributed by atoms with Crippen molar-refractivity contribution in [3.63, 3.8) is 0 Å². The topological polar surface area (TPSA) is 53.4 Å². The quantitative estimate of drug-likeness (QED) is 0.889. The molecule has 1 aromatic carbocycles. The van der Waals surface area contributed by atoms with E-state index in [1.807, 2.05) is 31.5 Å². The zero-order valence-electron chi connectivity index (χ0n) is 11.7. The van der Waals surface area contributed by atoms with Gasteiger partial charge in [0.2, 0.25) is 0 Å². The summed E-state index contributed by atoms with van der Waals surface area (Å²) in [5, 5.41) is 12.3. The van der Waals surface area contributed by atoms with Crippen molar-refractivity contribution in [1.82, 2.24) is 9.88 Å². The van der Waals surface area contributed by atoms with E-state index in [1.165, 1.54) is 0 Å². The molecule has 106 valence electrons. The number of carboxylic acids is 1. The molecule has 0 aliphatic carbocycles. The summed E-state index contributed by atoms with van der Waals surface area (Å²) >= 11 is 1.66. The van der Waals surface area contributed by atoms with Crippen LogP contribution in [0.4, 0.5) is 0 Å². The molecule has 1 N–H and O–H groups in total. The lowest BCUT2D eigenvalue weighted by molar-refractivity contribution is 0.0695. The molecular weight excluding hydrogens is 272 g/mol. The first-order valence-electron chi connectivity index (χ1n) is 6.47. The Morgan fingerprint density at radius 1 is 1.40 bits per heavy atom. The van der Waals surface area contributed by atoms with Gasteiger partial charge in [-0.25, -0.2) is 9.78 Å². The Kier molecular flexibility index (Phi) is 4.87. The van der Waals surface area contributed by atoms with Gasteiger partial charge in [-0.2, -0.15) is 0 Å². The molecule has 0 saturated carbocycles. The van der Waals surface area contributed by atoms with Crippen molar-refractivity contribution in [1.29, 1.82) is 0 Å². The van der Waals surface area contributed by atoms with Crippen molar-refractivity contribution >= 4 is 17.3 Å². The Balaban J connectivity index is 1.93. The highest BCUT2D eigenvalue weighted by Gasteiger charge is 2.10. The van der Waals surface area contributed by atoms with Crippen LogP contribution in [-0.4, -0.2) is 34.6 Å². The normalized spacial score (nSPS) is 10.9. The van der Waals surface area contributed by atoms with Crippen LogP contribution in [0.1, 0.15) is 26.6 Å². The second kappa shape index (κ2) is 6.63. The van der Waals surface area contributed by atoms with Gasteiger partial charge in [0.1, 0.15) is 5.01 Å². The minimum absolute atomic E-state index is 0.394. The number of aromatic carboxylic acids is 1. The van der Waals surface area contributed by atoms with E-state index in [0.717, 1.165) is 35.8 Å². The average molecular weight is 290 g/mol. The molecule has 0 spiro atoms. The van der Waals surface area contributed by atoms with Gasteiger partial charge >= 0.3 is 5.97 Å². The predicted molar refractivity (Wildman–Crippen MR) is 80.3 cm³/mol. The minimum atomic E-state index is -0.862. The van der Waals surface area contributed by atoms with E-state index < -0.39 is 5.97 Å². The average Bonchev–Trinajstić information content (AvgIpc) is 2.82. The fourth-order valence-corrected chi connectivity index (χ4v) is 2.89. The number of nitrogens with zero attached hydrogens (tertiary/aromatic N) is 2. The lowest BCUT2D eigenvalue weighted by Crippen LogP contribution is -2.21. The maximum atomic E-state index is 11.1. The number of aromatic nitrogens is 1. The van der Waals surface area contributed by atoms with E-state index in [-0.39, 0.29) is 0 Å². The van der Waals surface area contributed by atoms with E-state index in [1.54, 1.807) is 23.5 Å². The Bertz CT molecular complexity index is 595. The summed E-state index contributed by atoms with van der Waals surface area (Å²) in [4.78, 5) is 17.7. The molecule has 0 amide bonds. The van der Waals surface area contributed by atoms with Gasteiger partial charge in [-0.1, -0.05) is 18.2 Å². The van der Waals surface area contributed by atoms with Crippen molar-refractivity contribution in [2.75, 3.05) is 13.6 Å². The third kappa shape index (κ3) is 3.88. The molecule has 0 unspecified atom stereocenters. The number of hydrogen-bond acceptors (Lipinski definition) is 4. The van der Waals surface area contributed by atoms with Crippen molar-refractivity contribution in [2.24, 2.45) is 0 Å². The molecule has 4 nitrogen and oxygen atoms in total. The summed E-state index contributed by atoms with van der Waals surface area (Å²) in [5.41, 5.74) is 2.32. The molecule has 0 atom stereocenters. The van der Waals surface area contributed by atoms with Crippen LogP contribution in [0.25, 0.3) is 0 Å². The van der Waals surface area contributed by atoms with E-state index in [0.29, 0.717) is 5.56 Å². The van der Waals surface area contributed by atoms with E-state index in [4.69, 9.17) is 5.11 Å². The predicted octanol–water partition coefficient (Wildman–Crippen LogP) is 2.82. The van der Waals surface area contributed by atoms with Crippen LogP contribution in [0.5, 0.6) is 0 Å². The van der Waals surface area contributed by atoms with Gasteiger partial charge in [0.05, 0.1) is 12.1 Å². The first-order chi connectivity index (χ1) is 9.56. The van der Waals surface area contributed by atoms with Crippen LogP contribution in [0.3, 0.4) is 0 Å². The number of likely N-dealkylation sites (N-methyl/N-ethyl adjacent to an activating group) is 1. The molecule has 2 rings (SSSR count). The molecular formula is C15H18N2O2S. The summed E-state index contributed by atoms with van der Waals surface area (Å²) in [6.07, 6.45) is 0.726. The van der Waals surface area contributed by atoms with Crippen LogP contribution >= 0.6 is 11.3 Å². The van der Waals surface area contributed by atoms with Gasteiger partial charge in [0.15, 0.2) is 0 Å². The van der Waals surface area contributed by atoms with Crippen molar-refractivity contribution in [2.45, 2.75) is 19.9 Å². The second-order valence-corrected chi connectivity index (χ2v) is 5.78. The van der Waals surface area contributed by atoms with Crippen LogP contribution in [0.15, 0.2) is 29.6 Å². The Labute approximate surface area is 122 Å². The van der Waals surface area contributed by atoms with Crippen LogP contribution in [-0.2, 0) is 13.0 Å². The SMILES string of the molecule is Cc1csc(CN(C)CCc2ccccc2C(=O)O)n1. The molecule has 0 radical (unpaired) electrons. The third-order valence-electron chi connectivity index (χ3n) is 3.08. The third-order valence-corrected chi connectivity index (χ3v) is 4.03. The molecule has 0 fully saturated rings. The Hall–Kier alpha value is -1.72. The molecule has 1 heterocycles. The fourth-order valence-electron chi connectivity index (χ4n) is 2.04. The van der Waals surface area contributed by atoms with Gasteiger partial charge in [-0.05, 0) is 32.0 Å². The Morgan fingerprint density at radius 2 is 2.15 bits per heavy atom. The van der Waals surface area contributed by atoms with Crippen molar-refractivity contribution in [3.8, 4) is 0 Å². The van der Waals surface area contributed by atoms with Gasteiger partial charge < -0.3 is 5.11 Å². The number of hydrogen-bond donors (Lipinski definition) is 1. The first-order valence-corrected chi connectivity index (χ1v) is 7.35. The van der Waals surface area contributed by atoms with Crippen LogP contribution < -0.4 is 0 Å².